The quantitative estimate of drug-likeness (QED) is 0.284. The van der Waals surface area contributed by atoms with Crippen LogP contribution in [0.25, 0.3) is 5.82 Å². The third-order valence-corrected chi connectivity index (χ3v) is 6.05. The molecule has 0 unspecified atom stereocenters. The Kier molecular flexibility index (Phi) is 5.82. The third kappa shape index (κ3) is 3.90. The van der Waals surface area contributed by atoms with Crippen molar-refractivity contribution in [2.45, 2.75) is 52.9 Å². The molecule has 0 bridgehead atoms. The van der Waals surface area contributed by atoms with Crippen LogP contribution in [-0.2, 0) is 9.59 Å². The standard InChI is InChI=1S/C23H26N4O5/c1-14-11-18(16(3)27(14)20-12-15(2)32-24-20)19(28)13-26-22(30)21(29)25(23(26)31)10-9-17-7-5-4-6-8-17/h7,11-12H,4-6,8-10,13H2,1-3H3. The summed E-state index contributed by atoms with van der Waals surface area (Å²) in [5.41, 5.74) is 2.94. The Morgan fingerprint density at radius 1 is 1.06 bits per heavy atom. The Hall–Kier alpha value is -3.49. The van der Waals surface area contributed by atoms with Crippen molar-refractivity contribution in [1.29, 1.82) is 0 Å². The van der Waals surface area contributed by atoms with E-state index in [-0.39, 0.29) is 6.54 Å². The van der Waals surface area contributed by atoms with Crippen molar-refractivity contribution in [3.05, 3.63) is 46.5 Å². The summed E-state index contributed by atoms with van der Waals surface area (Å²) in [4.78, 5) is 52.3. The second-order valence-electron chi connectivity index (χ2n) is 8.33. The van der Waals surface area contributed by atoms with E-state index in [4.69, 9.17) is 4.52 Å². The maximum Gasteiger partial charge on any atom is 0.334 e. The molecule has 0 aromatic carbocycles. The summed E-state index contributed by atoms with van der Waals surface area (Å²) < 4.78 is 6.89. The maximum atomic E-state index is 13.0. The number of amides is 4. The molecule has 2 aromatic heterocycles. The number of Topliss-reactive ketones (excluding diaryl/α,β-unsaturated/α-hetero) is 1. The van der Waals surface area contributed by atoms with Gasteiger partial charge in [-0.05, 0) is 58.9 Å². The van der Waals surface area contributed by atoms with Gasteiger partial charge in [0.15, 0.2) is 11.6 Å². The topological polar surface area (TPSA) is 106 Å². The van der Waals surface area contributed by atoms with Gasteiger partial charge in [0.1, 0.15) is 5.76 Å². The zero-order chi connectivity index (χ0) is 23.0. The van der Waals surface area contributed by atoms with Gasteiger partial charge in [-0.3, -0.25) is 23.9 Å². The average Bonchev–Trinajstić information content (AvgIpc) is 3.38. The van der Waals surface area contributed by atoms with Crippen molar-refractivity contribution < 1.29 is 23.7 Å². The predicted molar refractivity (Wildman–Crippen MR) is 114 cm³/mol. The zero-order valence-corrected chi connectivity index (χ0v) is 18.5. The molecule has 0 saturated carbocycles. The highest BCUT2D eigenvalue weighted by Gasteiger charge is 2.45. The van der Waals surface area contributed by atoms with Crippen molar-refractivity contribution in [1.82, 2.24) is 19.5 Å². The van der Waals surface area contributed by atoms with Crippen LogP contribution in [0.3, 0.4) is 0 Å². The van der Waals surface area contributed by atoms with E-state index in [2.05, 4.69) is 11.2 Å². The summed E-state index contributed by atoms with van der Waals surface area (Å²) in [6.07, 6.45) is 6.90. The highest BCUT2D eigenvalue weighted by molar-refractivity contribution is 6.45. The smallest absolute Gasteiger partial charge is 0.334 e. The first-order chi connectivity index (χ1) is 15.3. The van der Waals surface area contributed by atoms with E-state index in [9.17, 15) is 19.2 Å². The number of aromatic nitrogens is 2. The molecule has 0 N–H and O–H groups in total. The van der Waals surface area contributed by atoms with Crippen LogP contribution in [0.4, 0.5) is 4.79 Å². The van der Waals surface area contributed by atoms with Crippen molar-refractivity contribution >= 4 is 23.6 Å². The lowest BCUT2D eigenvalue weighted by molar-refractivity contribution is -0.143. The highest BCUT2D eigenvalue weighted by Crippen LogP contribution is 2.24. The van der Waals surface area contributed by atoms with E-state index >= 15 is 0 Å². The molecule has 32 heavy (non-hydrogen) atoms. The number of allylic oxidation sites excluding steroid dienone is 1. The fourth-order valence-corrected chi connectivity index (χ4v) is 4.36. The van der Waals surface area contributed by atoms with Crippen LogP contribution >= 0.6 is 0 Å². The lowest BCUT2D eigenvalue weighted by Crippen LogP contribution is -2.37. The predicted octanol–water partition coefficient (Wildman–Crippen LogP) is 3.25. The normalized spacial score (nSPS) is 16.8. The van der Waals surface area contributed by atoms with Gasteiger partial charge < -0.3 is 4.52 Å². The van der Waals surface area contributed by atoms with E-state index in [1.54, 1.807) is 30.5 Å². The van der Waals surface area contributed by atoms with Crippen LogP contribution in [0.5, 0.6) is 0 Å². The summed E-state index contributed by atoms with van der Waals surface area (Å²) in [5.74, 6) is -1.07. The molecule has 2 aliphatic rings. The van der Waals surface area contributed by atoms with E-state index in [1.807, 2.05) is 6.92 Å². The summed E-state index contributed by atoms with van der Waals surface area (Å²) in [7, 11) is 0. The number of nitrogens with zero attached hydrogens (tertiary/aromatic N) is 4. The number of aryl methyl sites for hydroxylation is 2. The van der Waals surface area contributed by atoms with Gasteiger partial charge >= 0.3 is 17.8 Å². The Bertz CT molecular complexity index is 1140. The van der Waals surface area contributed by atoms with Crippen molar-refractivity contribution in [2.24, 2.45) is 0 Å². The number of imide groups is 2. The molecule has 4 rings (SSSR count). The van der Waals surface area contributed by atoms with Crippen LogP contribution in [0.2, 0.25) is 0 Å². The summed E-state index contributed by atoms with van der Waals surface area (Å²) in [6.45, 7) is 5.03. The van der Waals surface area contributed by atoms with Gasteiger partial charge in [-0.1, -0.05) is 16.8 Å². The molecule has 1 aliphatic carbocycles. The SMILES string of the molecule is Cc1cc(-n2c(C)cc(C(=O)CN3C(=O)C(=O)N(CCC4=CCCCC4)C3=O)c2C)no1. The average molecular weight is 438 g/mol. The van der Waals surface area contributed by atoms with E-state index < -0.39 is 30.2 Å². The summed E-state index contributed by atoms with van der Waals surface area (Å²) in [6, 6.07) is 2.70. The number of hydrogen-bond donors (Lipinski definition) is 0. The maximum absolute atomic E-state index is 13.0. The minimum Gasteiger partial charge on any atom is -0.360 e. The number of rotatable bonds is 7. The highest BCUT2D eigenvalue weighted by atomic mass is 16.5. The first-order valence-electron chi connectivity index (χ1n) is 10.8. The monoisotopic (exact) mass is 438 g/mol. The van der Waals surface area contributed by atoms with Crippen LogP contribution in [0, 0.1) is 20.8 Å². The van der Waals surface area contributed by atoms with Crippen molar-refractivity contribution in [3.63, 3.8) is 0 Å². The summed E-state index contributed by atoms with van der Waals surface area (Å²) >= 11 is 0. The molecule has 1 aliphatic heterocycles. The molecule has 3 heterocycles. The van der Waals surface area contributed by atoms with Crippen molar-refractivity contribution in [2.75, 3.05) is 13.1 Å². The number of ketones is 1. The molecular formula is C23H26N4O5. The summed E-state index contributed by atoms with van der Waals surface area (Å²) in [5, 5.41) is 3.99. The van der Waals surface area contributed by atoms with Gasteiger partial charge in [0.05, 0.1) is 6.54 Å². The Labute approximate surface area is 185 Å². The number of urea groups is 1. The fraction of sp³-hybridized carbons (Fsp3) is 0.435. The van der Waals surface area contributed by atoms with Gasteiger partial charge in [0.25, 0.3) is 0 Å². The number of carbonyl (C=O) groups is 4. The van der Waals surface area contributed by atoms with Crippen LogP contribution < -0.4 is 0 Å². The van der Waals surface area contributed by atoms with Crippen LogP contribution in [-0.4, -0.2) is 56.2 Å². The van der Waals surface area contributed by atoms with Gasteiger partial charge in [-0.25, -0.2) is 9.69 Å². The van der Waals surface area contributed by atoms with E-state index in [0.29, 0.717) is 29.3 Å². The molecule has 0 atom stereocenters. The minimum absolute atomic E-state index is 0.153. The second-order valence-corrected chi connectivity index (χ2v) is 8.33. The largest absolute Gasteiger partial charge is 0.360 e. The number of hydrogen-bond acceptors (Lipinski definition) is 6. The van der Waals surface area contributed by atoms with Gasteiger partial charge in [-0.15, -0.1) is 0 Å². The molecular weight excluding hydrogens is 412 g/mol. The minimum atomic E-state index is -0.957. The Morgan fingerprint density at radius 3 is 2.47 bits per heavy atom. The van der Waals surface area contributed by atoms with E-state index in [0.717, 1.165) is 41.2 Å². The first-order valence-corrected chi connectivity index (χ1v) is 10.8. The molecule has 1 fully saturated rings. The van der Waals surface area contributed by atoms with Gasteiger partial charge in [0.2, 0.25) is 0 Å². The molecule has 0 spiro atoms. The molecule has 1 saturated heterocycles. The molecule has 2 aromatic rings. The molecule has 4 amide bonds. The van der Waals surface area contributed by atoms with Crippen LogP contribution in [0.15, 0.2) is 28.3 Å². The Morgan fingerprint density at radius 2 is 1.81 bits per heavy atom. The Balaban J connectivity index is 1.48. The number of carbonyl (C=O) groups excluding carboxylic acids is 4. The third-order valence-electron chi connectivity index (χ3n) is 6.05. The second kappa shape index (κ2) is 8.57. The zero-order valence-electron chi connectivity index (χ0n) is 18.5. The van der Waals surface area contributed by atoms with Crippen molar-refractivity contribution in [3.8, 4) is 5.82 Å². The molecule has 168 valence electrons. The van der Waals surface area contributed by atoms with E-state index in [1.165, 1.54) is 5.57 Å². The molecule has 0 radical (unpaired) electrons. The fourth-order valence-electron chi connectivity index (χ4n) is 4.36. The lowest BCUT2D eigenvalue weighted by Gasteiger charge is -2.17. The molecule has 9 heteroatoms. The van der Waals surface area contributed by atoms with Crippen LogP contribution in [0.1, 0.15) is 59.6 Å². The lowest BCUT2D eigenvalue weighted by atomic mass is 9.97. The first kappa shape index (κ1) is 21.7. The van der Waals surface area contributed by atoms with Gasteiger partial charge in [-0.2, -0.15) is 0 Å². The van der Waals surface area contributed by atoms with Gasteiger partial charge in [0, 0.05) is 29.6 Å². The molecule has 9 nitrogen and oxygen atoms in total.